The number of ether oxygens (including phenoxy) is 1. The number of rotatable bonds is 5. The van der Waals surface area contributed by atoms with Gasteiger partial charge in [0.1, 0.15) is 5.75 Å². The van der Waals surface area contributed by atoms with Gasteiger partial charge in [-0.3, -0.25) is 0 Å². The molecule has 0 radical (unpaired) electrons. The normalized spacial score (nSPS) is 21.7. The summed E-state index contributed by atoms with van der Waals surface area (Å²) in [6, 6.07) is 8.50. The van der Waals surface area contributed by atoms with Gasteiger partial charge in [0.25, 0.3) is 0 Å². The van der Waals surface area contributed by atoms with Gasteiger partial charge >= 0.3 is 0 Å². The van der Waals surface area contributed by atoms with Crippen molar-refractivity contribution in [1.29, 1.82) is 0 Å². The number of benzene rings is 1. The molecule has 0 bridgehead atoms. The first kappa shape index (κ1) is 12.4. The molecule has 0 saturated heterocycles. The van der Waals surface area contributed by atoms with Gasteiger partial charge in [0.15, 0.2) is 0 Å². The molecular weight excluding hydrogens is 210 g/mol. The van der Waals surface area contributed by atoms with Crippen LogP contribution in [0.1, 0.15) is 44.6 Å². The van der Waals surface area contributed by atoms with E-state index in [4.69, 9.17) is 10.5 Å². The van der Waals surface area contributed by atoms with E-state index in [1.807, 2.05) is 12.1 Å². The Bertz CT molecular complexity index is 364. The summed E-state index contributed by atoms with van der Waals surface area (Å²) in [5.41, 5.74) is 7.64. The predicted octanol–water partition coefficient (Wildman–Crippen LogP) is 3.32. The number of nitrogens with two attached hydrogens (primary N) is 1. The molecule has 0 spiro atoms. The van der Waals surface area contributed by atoms with Crippen LogP contribution < -0.4 is 10.5 Å². The first-order chi connectivity index (χ1) is 8.22. The summed E-state index contributed by atoms with van der Waals surface area (Å²) >= 11 is 0. The lowest BCUT2D eigenvalue weighted by Crippen LogP contribution is -2.31. The maximum Gasteiger partial charge on any atom is 0.122 e. The molecule has 1 aliphatic rings. The highest BCUT2D eigenvalue weighted by atomic mass is 16.5. The Morgan fingerprint density at radius 2 is 2.18 bits per heavy atom. The predicted molar refractivity (Wildman–Crippen MR) is 71.3 cm³/mol. The van der Waals surface area contributed by atoms with Crippen LogP contribution in [0.2, 0.25) is 0 Å². The lowest BCUT2D eigenvalue weighted by atomic mass is 9.87. The molecule has 1 heterocycles. The van der Waals surface area contributed by atoms with Crippen LogP contribution in [0.15, 0.2) is 24.3 Å². The minimum absolute atomic E-state index is 0.222. The van der Waals surface area contributed by atoms with E-state index in [9.17, 15) is 0 Å². The molecule has 0 aromatic heterocycles. The van der Waals surface area contributed by atoms with E-state index in [1.54, 1.807) is 0 Å². The molecule has 2 rings (SSSR count). The van der Waals surface area contributed by atoms with Crippen LogP contribution >= 0.6 is 0 Å². The summed E-state index contributed by atoms with van der Waals surface area (Å²) < 4.78 is 5.69. The smallest absolute Gasteiger partial charge is 0.122 e. The molecule has 1 aromatic carbocycles. The van der Waals surface area contributed by atoms with Crippen molar-refractivity contribution in [2.45, 2.75) is 45.1 Å². The number of hydrogen-bond acceptors (Lipinski definition) is 2. The zero-order valence-electron chi connectivity index (χ0n) is 10.9. The third kappa shape index (κ3) is 2.81. The van der Waals surface area contributed by atoms with Gasteiger partial charge in [-0.1, -0.05) is 44.9 Å². The van der Waals surface area contributed by atoms with E-state index >= 15 is 0 Å². The molecule has 2 heteroatoms. The molecule has 2 nitrogen and oxygen atoms in total. The average Bonchev–Trinajstić information content (AvgIpc) is 2.72. The summed E-state index contributed by atoms with van der Waals surface area (Å²) in [4.78, 5) is 0. The highest BCUT2D eigenvalue weighted by Crippen LogP contribution is 2.36. The minimum atomic E-state index is 0.222. The fourth-order valence-electron chi connectivity index (χ4n) is 2.78. The summed E-state index contributed by atoms with van der Waals surface area (Å²) in [5.74, 6) is 2.12. The van der Waals surface area contributed by atoms with Crippen molar-refractivity contribution in [1.82, 2.24) is 0 Å². The number of hydrogen-bond donors (Lipinski definition) is 1. The summed E-state index contributed by atoms with van der Waals surface area (Å²) in [5, 5.41) is 0. The standard InChI is InChI=1S/C15H23NO/c1-3-6-11(2)9-14(16)13-10-17-15-8-5-4-7-12(13)15/h4-5,7-8,11,13-14H,3,6,9-10,16H2,1-2H3. The quantitative estimate of drug-likeness (QED) is 0.846. The first-order valence-electron chi connectivity index (χ1n) is 6.69. The van der Waals surface area contributed by atoms with E-state index in [-0.39, 0.29) is 6.04 Å². The van der Waals surface area contributed by atoms with Crippen LogP contribution in [0, 0.1) is 5.92 Å². The first-order valence-corrected chi connectivity index (χ1v) is 6.69. The van der Waals surface area contributed by atoms with E-state index in [0.29, 0.717) is 11.8 Å². The Morgan fingerprint density at radius 1 is 1.41 bits per heavy atom. The third-order valence-corrected chi connectivity index (χ3v) is 3.71. The fourth-order valence-corrected chi connectivity index (χ4v) is 2.78. The molecule has 3 atom stereocenters. The van der Waals surface area contributed by atoms with Gasteiger partial charge < -0.3 is 10.5 Å². The molecule has 0 aliphatic carbocycles. The molecule has 1 aliphatic heterocycles. The monoisotopic (exact) mass is 233 g/mol. The van der Waals surface area contributed by atoms with Gasteiger partial charge in [0.05, 0.1) is 6.61 Å². The van der Waals surface area contributed by atoms with Crippen molar-refractivity contribution in [3.05, 3.63) is 29.8 Å². The Labute approximate surface area is 104 Å². The minimum Gasteiger partial charge on any atom is -0.493 e. The fraction of sp³-hybridized carbons (Fsp3) is 0.600. The van der Waals surface area contributed by atoms with Crippen LogP contribution in [0.25, 0.3) is 0 Å². The Morgan fingerprint density at radius 3 is 2.94 bits per heavy atom. The van der Waals surface area contributed by atoms with Gasteiger partial charge in [-0.05, 0) is 18.4 Å². The second-order valence-electron chi connectivity index (χ2n) is 5.25. The SMILES string of the molecule is CCCC(C)CC(N)C1COc2ccccc21. The van der Waals surface area contributed by atoms with E-state index in [0.717, 1.165) is 18.8 Å². The molecule has 17 heavy (non-hydrogen) atoms. The Balaban J connectivity index is 2.00. The van der Waals surface area contributed by atoms with Crippen molar-refractivity contribution < 1.29 is 4.74 Å². The second kappa shape index (κ2) is 5.54. The van der Waals surface area contributed by atoms with Crippen LogP contribution in [0.3, 0.4) is 0 Å². The molecule has 0 fully saturated rings. The van der Waals surface area contributed by atoms with Gasteiger partial charge in [-0.25, -0.2) is 0 Å². The van der Waals surface area contributed by atoms with Crippen molar-refractivity contribution in [3.63, 3.8) is 0 Å². The third-order valence-electron chi connectivity index (χ3n) is 3.71. The Kier molecular flexibility index (Phi) is 4.06. The van der Waals surface area contributed by atoms with Crippen LogP contribution in [-0.2, 0) is 0 Å². The van der Waals surface area contributed by atoms with Crippen LogP contribution in [0.4, 0.5) is 0 Å². The van der Waals surface area contributed by atoms with E-state index < -0.39 is 0 Å². The maximum atomic E-state index is 6.35. The summed E-state index contributed by atoms with van der Waals surface area (Å²) in [6.07, 6.45) is 3.60. The number of fused-ring (bicyclic) bond motifs is 1. The highest BCUT2D eigenvalue weighted by molar-refractivity contribution is 5.40. The van der Waals surface area contributed by atoms with Gasteiger partial charge in [0.2, 0.25) is 0 Å². The number of para-hydroxylation sites is 1. The van der Waals surface area contributed by atoms with Crippen molar-refractivity contribution in [2.24, 2.45) is 11.7 Å². The molecule has 2 N–H and O–H groups in total. The maximum absolute atomic E-state index is 6.35. The lowest BCUT2D eigenvalue weighted by molar-refractivity contribution is 0.296. The summed E-state index contributed by atoms with van der Waals surface area (Å²) in [6.45, 7) is 5.28. The highest BCUT2D eigenvalue weighted by Gasteiger charge is 2.29. The van der Waals surface area contributed by atoms with Crippen LogP contribution in [0.5, 0.6) is 5.75 Å². The topological polar surface area (TPSA) is 35.2 Å². The molecule has 0 amide bonds. The van der Waals surface area contributed by atoms with Crippen LogP contribution in [-0.4, -0.2) is 12.6 Å². The molecule has 1 aromatic rings. The molecule has 3 unspecified atom stereocenters. The van der Waals surface area contributed by atoms with Crippen molar-refractivity contribution >= 4 is 0 Å². The zero-order valence-corrected chi connectivity index (χ0v) is 10.9. The van der Waals surface area contributed by atoms with Gasteiger partial charge in [0, 0.05) is 17.5 Å². The molecule has 94 valence electrons. The lowest BCUT2D eigenvalue weighted by Gasteiger charge is -2.21. The van der Waals surface area contributed by atoms with Crippen molar-refractivity contribution in [3.8, 4) is 5.75 Å². The summed E-state index contributed by atoms with van der Waals surface area (Å²) in [7, 11) is 0. The van der Waals surface area contributed by atoms with Gasteiger partial charge in [-0.2, -0.15) is 0 Å². The van der Waals surface area contributed by atoms with Gasteiger partial charge in [-0.15, -0.1) is 0 Å². The van der Waals surface area contributed by atoms with E-state index in [1.165, 1.54) is 18.4 Å². The average molecular weight is 233 g/mol. The molecular formula is C15H23NO. The van der Waals surface area contributed by atoms with E-state index in [2.05, 4.69) is 26.0 Å². The van der Waals surface area contributed by atoms with Crippen molar-refractivity contribution in [2.75, 3.05) is 6.61 Å². The largest absolute Gasteiger partial charge is 0.493 e. The second-order valence-corrected chi connectivity index (χ2v) is 5.25. The molecule has 0 saturated carbocycles. The Hall–Kier alpha value is -1.02. The zero-order chi connectivity index (χ0) is 12.3.